The first-order valence-corrected chi connectivity index (χ1v) is 9.29. The molecule has 0 spiro atoms. The zero-order valence-electron chi connectivity index (χ0n) is 16.0. The van der Waals surface area contributed by atoms with E-state index >= 15 is 0 Å². The predicted octanol–water partition coefficient (Wildman–Crippen LogP) is 2.65. The van der Waals surface area contributed by atoms with Gasteiger partial charge in [0.25, 0.3) is 5.91 Å². The van der Waals surface area contributed by atoms with Crippen molar-refractivity contribution in [2.75, 3.05) is 18.5 Å². The number of likely N-dealkylation sites (tertiary alicyclic amines) is 1. The second-order valence-electron chi connectivity index (χ2n) is 6.88. The lowest BCUT2D eigenvalue weighted by atomic mass is 10.1. The zero-order valence-corrected chi connectivity index (χ0v) is 16.0. The van der Waals surface area contributed by atoms with Crippen LogP contribution in [-0.4, -0.2) is 35.8 Å². The van der Waals surface area contributed by atoms with E-state index in [0.717, 1.165) is 5.56 Å². The van der Waals surface area contributed by atoms with Crippen molar-refractivity contribution in [3.8, 4) is 6.07 Å². The standard InChI is InChI=1S/C22H21N3O4/c1-15(17-7-3-2-4-8-17)25-13-18(11-21(25)27)22(28)29-14-20(26)24-19-9-5-6-16(10-19)12-23/h2-10,15,18H,11,13-14H2,1H3,(H,24,26)/t15-,18-/m1/s1. The van der Waals surface area contributed by atoms with Crippen molar-refractivity contribution in [2.24, 2.45) is 5.92 Å². The van der Waals surface area contributed by atoms with Gasteiger partial charge < -0.3 is 15.0 Å². The Morgan fingerprint density at radius 2 is 2.00 bits per heavy atom. The Morgan fingerprint density at radius 3 is 2.72 bits per heavy atom. The molecule has 0 unspecified atom stereocenters. The normalized spacial score (nSPS) is 16.8. The Bertz CT molecular complexity index is 952. The summed E-state index contributed by atoms with van der Waals surface area (Å²) in [6.07, 6.45) is 0.0713. The number of hydrogen-bond donors (Lipinski definition) is 1. The first kappa shape index (κ1) is 20.1. The van der Waals surface area contributed by atoms with E-state index < -0.39 is 24.4 Å². The fraction of sp³-hybridized carbons (Fsp3) is 0.273. The minimum absolute atomic E-state index is 0.0713. The number of amides is 2. The van der Waals surface area contributed by atoms with Gasteiger partial charge in [-0.25, -0.2) is 0 Å². The lowest BCUT2D eigenvalue weighted by Crippen LogP contribution is -2.30. The molecular weight excluding hydrogens is 370 g/mol. The minimum Gasteiger partial charge on any atom is -0.455 e. The number of benzene rings is 2. The van der Waals surface area contributed by atoms with Crippen LogP contribution in [0.1, 0.15) is 30.5 Å². The molecule has 0 aliphatic carbocycles. The van der Waals surface area contributed by atoms with Gasteiger partial charge in [-0.1, -0.05) is 36.4 Å². The Labute approximate surface area is 168 Å². The third-order valence-corrected chi connectivity index (χ3v) is 4.86. The molecule has 1 aliphatic heterocycles. The smallest absolute Gasteiger partial charge is 0.311 e. The molecule has 0 radical (unpaired) electrons. The van der Waals surface area contributed by atoms with Crippen LogP contribution in [0.25, 0.3) is 0 Å². The molecule has 1 heterocycles. The highest BCUT2D eigenvalue weighted by Gasteiger charge is 2.38. The molecule has 1 aliphatic rings. The monoisotopic (exact) mass is 391 g/mol. The Kier molecular flexibility index (Phi) is 6.25. The average Bonchev–Trinajstić information content (AvgIpc) is 3.14. The third kappa shape index (κ3) is 4.99. The number of ether oxygens (including phenoxy) is 1. The second-order valence-corrected chi connectivity index (χ2v) is 6.88. The minimum atomic E-state index is -0.594. The van der Waals surface area contributed by atoms with E-state index in [1.807, 2.05) is 43.3 Å². The number of carbonyl (C=O) groups is 3. The zero-order chi connectivity index (χ0) is 20.8. The molecule has 7 heteroatoms. The van der Waals surface area contributed by atoms with Crippen molar-refractivity contribution in [1.82, 2.24) is 4.90 Å². The molecule has 2 aromatic rings. The van der Waals surface area contributed by atoms with Gasteiger partial charge in [-0.15, -0.1) is 0 Å². The molecule has 2 atom stereocenters. The van der Waals surface area contributed by atoms with Gasteiger partial charge in [-0.2, -0.15) is 5.26 Å². The number of carbonyl (C=O) groups excluding carboxylic acids is 3. The van der Waals surface area contributed by atoms with Gasteiger partial charge in [0.1, 0.15) is 0 Å². The molecule has 0 bridgehead atoms. The summed E-state index contributed by atoms with van der Waals surface area (Å²) in [5.74, 6) is -1.78. The molecule has 2 aromatic carbocycles. The van der Waals surface area contributed by atoms with Crippen LogP contribution in [0.3, 0.4) is 0 Å². The molecule has 2 amide bonds. The SMILES string of the molecule is C[C@H](c1ccccc1)N1C[C@H](C(=O)OCC(=O)Nc2cccc(C#N)c2)CC1=O. The summed E-state index contributed by atoms with van der Waals surface area (Å²) in [5, 5.41) is 11.5. The summed E-state index contributed by atoms with van der Waals surface area (Å²) in [5.41, 5.74) is 1.86. The molecule has 1 N–H and O–H groups in total. The van der Waals surface area contributed by atoms with Crippen LogP contribution >= 0.6 is 0 Å². The highest BCUT2D eigenvalue weighted by molar-refractivity contribution is 5.93. The van der Waals surface area contributed by atoms with Crippen LogP contribution < -0.4 is 5.32 Å². The maximum Gasteiger partial charge on any atom is 0.311 e. The lowest BCUT2D eigenvalue weighted by Gasteiger charge is -2.25. The number of nitriles is 1. The van der Waals surface area contributed by atoms with E-state index in [0.29, 0.717) is 11.3 Å². The maximum absolute atomic E-state index is 12.4. The highest BCUT2D eigenvalue weighted by Crippen LogP contribution is 2.29. The molecule has 29 heavy (non-hydrogen) atoms. The van der Waals surface area contributed by atoms with E-state index in [9.17, 15) is 14.4 Å². The van der Waals surface area contributed by atoms with Crippen LogP contribution in [0, 0.1) is 17.2 Å². The number of nitrogens with zero attached hydrogens (tertiary/aromatic N) is 2. The van der Waals surface area contributed by atoms with Gasteiger partial charge >= 0.3 is 5.97 Å². The summed E-state index contributed by atoms with van der Waals surface area (Å²) in [7, 11) is 0. The van der Waals surface area contributed by atoms with E-state index in [-0.39, 0.29) is 24.9 Å². The highest BCUT2D eigenvalue weighted by atomic mass is 16.5. The van der Waals surface area contributed by atoms with Crippen molar-refractivity contribution in [2.45, 2.75) is 19.4 Å². The van der Waals surface area contributed by atoms with Gasteiger partial charge in [0.05, 0.1) is 23.6 Å². The van der Waals surface area contributed by atoms with Crippen molar-refractivity contribution < 1.29 is 19.1 Å². The summed E-state index contributed by atoms with van der Waals surface area (Å²) >= 11 is 0. The van der Waals surface area contributed by atoms with Crippen molar-refractivity contribution in [3.63, 3.8) is 0 Å². The van der Waals surface area contributed by atoms with Gasteiger partial charge in [-0.3, -0.25) is 14.4 Å². The van der Waals surface area contributed by atoms with Crippen LogP contribution in [0.5, 0.6) is 0 Å². The topological polar surface area (TPSA) is 99.5 Å². The Morgan fingerprint density at radius 1 is 1.24 bits per heavy atom. The molecule has 0 saturated carbocycles. The van der Waals surface area contributed by atoms with Gasteiger partial charge in [0, 0.05) is 18.7 Å². The van der Waals surface area contributed by atoms with Crippen LogP contribution in [0.15, 0.2) is 54.6 Å². The summed E-state index contributed by atoms with van der Waals surface area (Å²) in [6.45, 7) is 1.73. The fourth-order valence-corrected chi connectivity index (χ4v) is 3.29. The Hall–Kier alpha value is -3.66. The lowest BCUT2D eigenvalue weighted by molar-refractivity contribution is -0.151. The fourth-order valence-electron chi connectivity index (χ4n) is 3.29. The summed E-state index contributed by atoms with van der Waals surface area (Å²) in [4.78, 5) is 38.4. The number of anilines is 1. The number of nitrogens with one attached hydrogen (secondary N) is 1. The Balaban J connectivity index is 1.51. The van der Waals surface area contributed by atoms with Gasteiger partial charge in [0.15, 0.2) is 6.61 Å². The molecule has 3 rings (SSSR count). The van der Waals surface area contributed by atoms with Crippen molar-refractivity contribution in [3.05, 3.63) is 65.7 Å². The second kappa shape index (κ2) is 9.02. The largest absolute Gasteiger partial charge is 0.455 e. The van der Waals surface area contributed by atoms with Crippen LogP contribution in [-0.2, 0) is 19.1 Å². The number of esters is 1. The summed E-state index contributed by atoms with van der Waals surface area (Å²) in [6, 6.07) is 17.9. The molecule has 7 nitrogen and oxygen atoms in total. The maximum atomic E-state index is 12.4. The molecule has 0 aromatic heterocycles. The van der Waals surface area contributed by atoms with Crippen molar-refractivity contribution in [1.29, 1.82) is 5.26 Å². The number of hydrogen-bond acceptors (Lipinski definition) is 5. The summed E-state index contributed by atoms with van der Waals surface area (Å²) < 4.78 is 5.10. The van der Waals surface area contributed by atoms with Gasteiger partial charge in [-0.05, 0) is 30.7 Å². The van der Waals surface area contributed by atoms with Crippen molar-refractivity contribution >= 4 is 23.5 Å². The first-order chi connectivity index (χ1) is 14.0. The molecule has 148 valence electrons. The van der Waals surface area contributed by atoms with Crippen LogP contribution in [0.4, 0.5) is 5.69 Å². The van der Waals surface area contributed by atoms with E-state index in [1.54, 1.807) is 23.1 Å². The van der Waals surface area contributed by atoms with E-state index in [4.69, 9.17) is 10.00 Å². The average molecular weight is 391 g/mol. The molecule has 1 fully saturated rings. The first-order valence-electron chi connectivity index (χ1n) is 9.29. The van der Waals surface area contributed by atoms with Crippen LogP contribution in [0.2, 0.25) is 0 Å². The van der Waals surface area contributed by atoms with Gasteiger partial charge in [0.2, 0.25) is 5.91 Å². The number of rotatable bonds is 6. The van der Waals surface area contributed by atoms with E-state index in [1.165, 1.54) is 6.07 Å². The third-order valence-electron chi connectivity index (χ3n) is 4.86. The quantitative estimate of drug-likeness (QED) is 0.763. The molecule has 1 saturated heterocycles. The van der Waals surface area contributed by atoms with E-state index in [2.05, 4.69) is 5.32 Å². The molecular formula is C22H21N3O4. The predicted molar refractivity (Wildman–Crippen MR) is 105 cm³/mol.